The SMILES string of the molecule is Cc1cc(SC(C)(C)C)ncc1CCO. The van der Waals surface area contributed by atoms with Crippen molar-refractivity contribution >= 4 is 11.8 Å². The lowest BCUT2D eigenvalue weighted by atomic mass is 10.1. The summed E-state index contributed by atoms with van der Waals surface area (Å²) in [6.07, 6.45) is 2.57. The molecule has 0 aliphatic rings. The van der Waals surface area contributed by atoms with E-state index in [0.717, 1.165) is 10.6 Å². The Morgan fingerprint density at radius 1 is 1.40 bits per heavy atom. The largest absolute Gasteiger partial charge is 0.396 e. The maximum absolute atomic E-state index is 8.87. The van der Waals surface area contributed by atoms with Crippen LogP contribution in [0.15, 0.2) is 17.3 Å². The standard InChI is InChI=1S/C12H19NOS/c1-9-7-11(15-12(2,3)4)13-8-10(9)5-6-14/h7-8,14H,5-6H2,1-4H3. The molecule has 1 N–H and O–H groups in total. The molecule has 0 unspecified atom stereocenters. The predicted octanol–water partition coefficient (Wildman–Crippen LogP) is 2.82. The van der Waals surface area contributed by atoms with Crippen LogP contribution >= 0.6 is 11.8 Å². The molecule has 15 heavy (non-hydrogen) atoms. The molecule has 0 radical (unpaired) electrons. The van der Waals surface area contributed by atoms with Crippen LogP contribution in [0.3, 0.4) is 0 Å². The van der Waals surface area contributed by atoms with Crippen molar-refractivity contribution < 1.29 is 5.11 Å². The van der Waals surface area contributed by atoms with Gasteiger partial charge in [0.05, 0.1) is 5.03 Å². The first-order valence-corrected chi connectivity index (χ1v) is 5.99. The first-order chi connectivity index (χ1) is 6.92. The molecule has 1 aromatic heterocycles. The second kappa shape index (κ2) is 4.99. The van der Waals surface area contributed by atoms with Crippen LogP contribution in [0.2, 0.25) is 0 Å². The smallest absolute Gasteiger partial charge is 0.0967 e. The van der Waals surface area contributed by atoms with E-state index in [9.17, 15) is 0 Å². The molecule has 0 aliphatic heterocycles. The molecule has 0 bridgehead atoms. The van der Waals surface area contributed by atoms with E-state index < -0.39 is 0 Å². The number of aryl methyl sites for hydroxylation is 1. The Bertz CT molecular complexity index is 331. The molecular weight excluding hydrogens is 206 g/mol. The summed E-state index contributed by atoms with van der Waals surface area (Å²) < 4.78 is 0.192. The molecule has 0 fully saturated rings. The molecule has 0 saturated carbocycles. The molecule has 0 atom stereocenters. The van der Waals surface area contributed by atoms with Crippen LogP contribution in [-0.2, 0) is 6.42 Å². The Hall–Kier alpha value is -0.540. The summed E-state index contributed by atoms with van der Waals surface area (Å²) in [7, 11) is 0. The van der Waals surface area contributed by atoms with Crippen molar-refractivity contribution in [2.24, 2.45) is 0 Å². The van der Waals surface area contributed by atoms with E-state index in [-0.39, 0.29) is 11.4 Å². The zero-order chi connectivity index (χ0) is 11.5. The van der Waals surface area contributed by atoms with Crippen molar-refractivity contribution in [2.75, 3.05) is 6.61 Å². The normalized spacial score (nSPS) is 11.8. The fraction of sp³-hybridized carbons (Fsp3) is 0.583. The summed E-state index contributed by atoms with van der Waals surface area (Å²) in [5, 5.41) is 9.92. The maximum Gasteiger partial charge on any atom is 0.0967 e. The van der Waals surface area contributed by atoms with Gasteiger partial charge in [0, 0.05) is 17.6 Å². The second-order valence-corrected chi connectivity index (χ2v) is 6.48. The van der Waals surface area contributed by atoms with Crippen LogP contribution in [0.4, 0.5) is 0 Å². The van der Waals surface area contributed by atoms with Crippen LogP contribution in [0, 0.1) is 6.92 Å². The van der Waals surface area contributed by atoms with Gasteiger partial charge >= 0.3 is 0 Å². The third-order valence-corrected chi connectivity index (χ3v) is 3.03. The number of aromatic nitrogens is 1. The number of hydrogen-bond acceptors (Lipinski definition) is 3. The van der Waals surface area contributed by atoms with Crippen LogP contribution in [0.1, 0.15) is 31.9 Å². The number of aliphatic hydroxyl groups excluding tert-OH is 1. The zero-order valence-corrected chi connectivity index (χ0v) is 10.7. The first-order valence-electron chi connectivity index (χ1n) is 5.18. The molecule has 0 amide bonds. The van der Waals surface area contributed by atoms with Gasteiger partial charge in [-0.2, -0.15) is 0 Å². The Morgan fingerprint density at radius 3 is 2.53 bits per heavy atom. The van der Waals surface area contributed by atoms with Gasteiger partial charge in [-0.1, -0.05) is 20.8 Å². The average Bonchev–Trinajstić information content (AvgIpc) is 2.07. The molecule has 0 aliphatic carbocycles. The van der Waals surface area contributed by atoms with Crippen LogP contribution in [-0.4, -0.2) is 21.4 Å². The van der Waals surface area contributed by atoms with Crippen LogP contribution < -0.4 is 0 Å². The second-order valence-electron chi connectivity index (χ2n) is 4.64. The van der Waals surface area contributed by atoms with Gasteiger partial charge < -0.3 is 5.11 Å². The van der Waals surface area contributed by atoms with E-state index >= 15 is 0 Å². The first kappa shape index (κ1) is 12.5. The van der Waals surface area contributed by atoms with Crippen molar-refractivity contribution in [1.29, 1.82) is 0 Å². The van der Waals surface area contributed by atoms with Gasteiger partial charge in [-0.3, -0.25) is 0 Å². The van der Waals surface area contributed by atoms with Gasteiger partial charge in [0.15, 0.2) is 0 Å². The minimum Gasteiger partial charge on any atom is -0.396 e. The highest BCUT2D eigenvalue weighted by atomic mass is 32.2. The molecule has 1 heterocycles. The van der Waals surface area contributed by atoms with Gasteiger partial charge in [0.1, 0.15) is 0 Å². The average molecular weight is 225 g/mol. The molecule has 84 valence electrons. The van der Waals surface area contributed by atoms with E-state index in [1.807, 2.05) is 6.20 Å². The zero-order valence-electron chi connectivity index (χ0n) is 9.87. The Labute approximate surface area is 96.1 Å². The lowest BCUT2D eigenvalue weighted by molar-refractivity contribution is 0.299. The van der Waals surface area contributed by atoms with Crippen molar-refractivity contribution in [3.8, 4) is 0 Å². The minimum absolute atomic E-state index is 0.189. The van der Waals surface area contributed by atoms with Gasteiger partial charge in [0.2, 0.25) is 0 Å². The highest BCUT2D eigenvalue weighted by Crippen LogP contribution is 2.31. The monoisotopic (exact) mass is 225 g/mol. The van der Waals surface area contributed by atoms with E-state index in [1.165, 1.54) is 5.56 Å². The molecule has 1 rings (SSSR count). The quantitative estimate of drug-likeness (QED) is 0.803. The van der Waals surface area contributed by atoms with Crippen molar-refractivity contribution in [3.05, 3.63) is 23.4 Å². The predicted molar refractivity (Wildman–Crippen MR) is 65.4 cm³/mol. The Kier molecular flexibility index (Phi) is 4.17. The molecule has 1 aromatic rings. The highest BCUT2D eigenvalue weighted by Gasteiger charge is 2.13. The fourth-order valence-electron chi connectivity index (χ4n) is 1.31. The van der Waals surface area contributed by atoms with Crippen LogP contribution in [0.5, 0.6) is 0 Å². The summed E-state index contributed by atoms with van der Waals surface area (Å²) in [6.45, 7) is 8.79. The summed E-state index contributed by atoms with van der Waals surface area (Å²) in [4.78, 5) is 4.40. The number of hydrogen-bond donors (Lipinski definition) is 1. The van der Waals surface area contributed by atoms with E-state index in [2.05, 4.69) is 38.7 Å². The molecule has 0 aromatic carbocycles. The molecule has 0 saturated heterocycles. The van der Waals surface area contributed by atoms with Crippen LogP contribution in [0.25, 0.3) is 0 Å². The molecular formula is C12H19NOS. The molecule has 0 spiro atoms. The summed E-state index contributed by atoms with van der Waals surface area (Å²) in [6, 6.07) is 2.10. The number of aliphatic hydroxyl groups is 1. The maximum atomic E-state index is 8.87. The number of rotatable bonds is 3. The lowest BCUT2D eigenvalue weighted by Gasteiger charge is -2.17. The van der Waals surface area contributed by atoms with Gasteiger partial charge in [0.25, 0.3) is 0 Å². The topological polar surface area (TPSA) is 33.1 Å². The minimum atomic E-state index is 0.189. The Morgan fingerprint density at radius 2 is 2.07 bits per heavy atom. The Balaban J connectivity index is 2.82. The molecule has 2 nitrogen and oxygen atoms in total. The third kappa shape index (κ3) is 4.22. The number of pyridine rings is 1. The number of nitrogens with zero attached hydrogens (tertiary/aromatic N) is 1. The number of thioether (sulfide) groups is 1. The van der Waals surface area contributed by atoms with Gasteiger partial charge in [-0.15, -0.1) is 11.8 Å². The van der Waals surface area contributed by atoms with Crippen molar-refractivity contribution in [3.63, 3.8) is 0 Å². The van der Waals surface area contributed by atoms with E-state index in [1.54, 1.807) is 11.8 Å². The highest BCUT2D eigenvalue weighted by molar-refractivity contribution is 8.00. The fourth-order valence-corrected chi connectivity index (χ4v) is 2.28. The summed E-state index contributed by atoms with van der Waals surface area (Å²) in [5.41, 5.74) is 2.35. The summed E-state index contributed by atoms with van der Waals surface area (Å²) in [5.74, 6) is 0. The van der Waals surface area contributed by atoms with E-state index in [0.29, 0.717) is 6.42 Å². The van der Waals surface area contributed by atoms with Crippen molar-refractivity contribution in [2.45, 2.75) is 43.9 Å². The van der Waals surface area contributed by atoms with E-state index in [4.69, 9.17) is 5.11 Å². The van der Waals surface area contributed by atoms with Crippen molar-refractivity contribution in [1.82, 2.24) is 4.98 Å². The lowest BCUT2D eigenvalue weighted by Crippen LogP contribution is -2.07. The van der Waals surface area contributed by atoms with Gasteiger partial charge in [-0.25, -0.2) is 4.98 Å². The van der Waals surface area contributed by atoms with Gasteiger partial charge in [-0.05, 0) is 30.5 Å². The molecule has 3 heteroatoms. The summed E-state index contributed by atoms with van der Waals surface area (Å²) >= 11 is 1.77. The third-order valence-electron chi connectivity index (χ3n) is 1.99.